The van der Waals surface area contributed by atoms with Crippen molar-refractivity contribution in [3.05, 3.63) is 36.0 Å². The maximum absolute atomic E-state index is 12.4. The minimum absolute atomic E-state index is 0.0134. The molecule has 1 heterocycles. The summed E-state index contributed by atoms with van der Waals surface area (Å²) >= 11 is 0. The lowest BCUT2D eigenvalue weighted by molar-refractivity contribution is -0.149. The van der Waals surface area contributed by atoms with Crippen molar-refractivity contribution in [1.29, 1.82) is 5.26 Å². The van der Waals surface area contributed by atoms with Crippen LogP contribution in [0.5, 0.6) is 0 Å². The third-order valence-corrected chi connectivity index (χ3v) is 4.29. The first-order valence-electron chi connectivity index (χ1n) is 9.14. The highest BCUT2D eigenvalue weighted by atomic mass is 16.5. The van der Waals surface area contributed by atoms with Crippen molar-refractivity contribution in [2.75, 3.05) is 30.3 Å². The summed E-state index contributed by atoms with van der Waals surface area (Å²) in [6, 6.07) is 8.52. The van der Waals surface area contributed by atoms with E-state index in [2.05, 4.69) is 10.6 Å². The number of benzene rings is 1. The van der Waals surface area contributed by atoms with Gasteiger partial charge in [-0.25, -0.2) is 0 Å². The standard InChI is InChI=1S/C20H24N4O4/c1-3-28-20(27)15-8-10-24(11-9-15)13-16(12-21)19(26)23-18-6-4-17(5-7-18)22-14(2)25/h4-7,13,15H,3,8-11H2,1-2H3,(H,22,25)(H,23,26)/b16-13-. The first-order valence-corrected chi connectivity index (χ1v) is 9.14. The molecule has 0 aliphatic carbocycles. The lowest BCUT2D eigenvalue weighted by Gasteiger charge is -2.30. The highest BCUT2D eigenvalue weighted by Crippen LogP contribution is 2.20. The molecule has 1 saturated heterocycles. The molecular weight excluding hydrogens is 360 g/mol. The summed E-state index contributed by atoms with van der Waals surface area (Å²) < 4.78 is 5.04. The van der Waals surface area contributed by atoms with Crippen molar-refractivity contribution >= 4 is 29.2 Å². The predicted molar refractivity (Wildman–Crippen MR) is 104 cm³/mol. The number of likely N-dealkylation sites (tertiary alicyclic amines) is 1. The zero-order valence-corrected chi connectivity index (χ0v) is 16.0. The number of nitrogens with one attached hydrogen (secondary N) is 2. The van der Waals surface area contributed by atoms with Gasteiger partial charge in [0.05, 0.1) is 12.5 Å². The van der Waals surface area contributed by atoms with Gasteiger partial charge < -0.3 is 20.3 Å². The van der Waals surface area contributed by atoms with E-state index in [1.807, 2.05) is 11.0 Å². The van der Waals surface area contributed by atoms with Gasteiger partial charge >= 0.3 is 5.97 Å². The number of hydrogen-bond acceptors (Lipinski definition) is 6. The Bertz CT molecular complexity index is 787. The molecule has 0 radical (unpaired) electrons. The van der Waals surface area contributed by atoms with Gasteiger partial charge in [0, 0.05) is 37.6 Å². The van der Waals surface area contributed by atoms with Gasteiger partial charge in [0.1, 0.15) is 11.6 Å². The van der Waals surface area contributed by atoms with Gasteiger partial charge in [-0.2, -0.15) is 5.26 Å². The predicted octanol–water partition coefficient (Wildman–Crippen LogP) is 2.27. The van der Waals surface area contributed by atoms with Gasteiger partial charge in [-0.15, -0.1) is 0 Å². The lowest BCUT2D eigenvalue weighted by Crippen LogP contribution is -2.34. The third kappa shape index (κ3) is 6.13. The number of nitriles is 1. The van der Waals surface area contributed by atoms with Crippen LogP contribution in [0.2, 0.25) is 0 Å². The summed E-state index contributed by atoms with van der Waals surface area (Å²) in [4.78, 5) is 37.0. The van der Waals surface area contributed by atoms with E-state index in [1.165, 1.54) is 13.1 Å². The largest absolute Gasteiger partial charge is 0.466 e. The minimum atomic E-state index is -0.512. The summed E-state index contributed by atoms with van der Waals surface area (Å²) in [5.74, 6) is -1.02. The molecule has 8 heteroatoms. The smallest absolute Gasteiger partial charge is 0.309 e. The van der Waals surface area contributed by atoms with E-state index in [0.717, 1.165) is 0 Å². The molecule has 1 aliphatic rings. The lowest BCUT2D eigenvalue weighted by atomic mass is 9.97. The Morgan fingerprint density at radius 3 is 2.25 bits per heavy atom. The Hall–Kier alpha value is -3.34. The molecule has 8 nitrogen and oxygen atoms in total. The highest BCUT2D eigenvalue weighted by molar-refractivity contribution is 6.06. The average Bonchev–Trinajstić information content (AvgIpc) is 2.67. The van der Waals surface area contributed by atoms with Crippen molar-refractivity contribution in [3.8, 4) is 6.07 Å². The highest BCUT2D eigenvalue weighted by Gasteiger charge is 2.25. The summed E-state index contributed by atoms with van der Waals surface area (Å²) in [6.07, 6.45) is 2.78. The minimum Gasteiger partial charge on any atom is -0.466 e. The molecule has 1 fully saturated rings. The Balaban J connectivity index is 1.93. The van der Waals surface area contributed by atoms with Crippen LogP contribution in [0.15, 0.2) is 36.0 Å². The van der Waals surface area contributed by atoms with Gasteiger partial charge in [-0.1, -0.05) is 0 Å². The maximum Gasteiger partial charge on any atom is 0.309 e. The number of rotatable bonds is 6. The van der Waals surface area contributed by atoms with E-state index < -0.39 is 5.91 Å². The number of esters is 1. The summed E-state index contributed by atoms with van der Waals surface area (Å²) in [5.41, 5.74) is 1.12. The van der Waals surface area contributed by atoms with Crippen molar-refractivity contribution in [1.82, 2.24) is 4.90 Å². The zero-order chi connectivity index (χ0) is 20.5. The molecule has 0 saturated carbocycles. The van der Waals surface area contributed by atoms with E-state index in [1.54, 1.807) is 31.2 Å². The van der Waals surface area contributed by atoms with Gasteiger partial charge in [-0.3, -0.25) is 14.4 Å². The normalized spacial score (nSPS) is 14.8. The monoisotopic (exact) mass is 384 g/mol. The van der Waals surface area contributed by atoms with Crippen LogP contribution in [0.25, 0.3) is 0 Å². The van der Waals surface area contributed by atoms with Gasteiger partial charge in [0.2, 0.25) is 5.91 Å². The second-order valence-corrected chi connectivity index (χ2v) is 6.43. The number of carbonyl (C=O) groups is 3. The topological polar surface area (TPSA) is 112 Å². The number of carbonyl (C=O) groups excluding carboxylic acids is 3. The summed E-state index contributed by atoms with van der Waals surface area (Å²) in [6.45, 7) is 4.71. The Morgan fingerprint density at radius 2 is 1.75 bits per heavy atom. The molecule has 0 aromatic heterocycles. The molecule has 2 N–H and O–H groups in total. The number of ether oxygens (including phenoxy) is 1. The molecule has 148 valence electrons. The first kappa shape index (κ1) is 21.0. The summed E-state index contributed by atoms with van der Waals surface area (Å²) in [7, 11) is 0. The van der Waals surface area contributed by atoms with Gasteiger partial charge in [0.15, 0.2) is 0 Å². The van der Waals surface area contributed by atoms with Crippen molar-refractivity contribution in [2.24, 2.45) is 5.92 Å². The number of nitrogens with zero attached hydrogens (tertiary/aromatic N) is 2. The van der Waals surface area contributed by atoms with Crippen LogP contribution < -0.4 is 10.6 Å². The van der Waals surface area contributed by atoms with Crippen LogP contribution in [-0.2, 0) is 19.1 Å². The van der Waals surface area contributed by atoms with Gasteiger partial charge in [-0.05, 0) is 44.0 Å². The Labute approximate surface area is 164 Å². The second-order valence-electron chi connectivity index (χ2n) is 6.43. The fourth-order valence-corrected chi connectivity index (χ4v) is 2.88. The van der Waals surface area contributed by atoms with Crippen LogP contribution in [-0.4, -0.2) is 42.4 Å². The molecule has 2 rings (SSSR count). The van der Waals surface area contributed by atoms with Crippen LogP contribution >= 0.6 is 0 Å². The van der Waals surface area contributed by atoms with Crippen LogP contribution in [0.1, 0.15) is 26.7 Å². The summed E-state index contributed by atoms with van der Waals surface area (Å²) in [5, 5.41) is 14.6. The Kier molecular flexibility index (Phi) is 7.57. The van der Waals surface area contributed by atoms with Crippen LogP contribution in [0, 0.1) is 17.2 Å². The molecule has 1 aromatic carbocycles. The molecule has 1 aliphatic heterocycles. The molecule has 1 aromatic rings. The van der Waals surface area contributed by atoms with E-state index in [4.69, 9.17) is 4.74 Å². The van der Waals surface area contributed by atoms with E-state index in [0.29, 0.717) is 43.9 Å². The second kappa shape index (κ2) is 10.1. The van der Waals surface area contributed by atoms with E-state index in [9.17, 15) is 19.6 Å². The maximum atomic E-state index is 12.4. The molecule has 0 bridgehead atoms. The average molecular weight is 384 g/mol. The van der Waals surface area contributed by atoms with Crippen molar-refractivity contribution in [2.45, 2.75) is 26.7 Å². The third-order valence-electron chi connectivity index (χ3n) is 4.29. The van der Waals surface area contributed by atoms with Gasteiger partial charge in [0.25, 0.3) is 5.91 Å². The Morgan fingerprint density at radius 1 is 1.18 bits per heavy atom. The van der Waals surface area contributed by atoms with Crippen molar-refractivity contribution in [3.63, 3.8) is 0 Å². The molecule has 0 spiro atoms. The molecule has 0 unspecified atom stereocenters. The fraction of sp³-hybridized carbons (Fsp3) is 0.400. The molecule has 0 atom stereocenters. The fourth-order valence-electron chi connectivity index (χ4n) is 2.88. The molecule has 2 amide bonds. The van der Waals surface area contributed by atoms with Crippen LogP contribution in [0.3, 0.4) is 0 Å². The van der Waals surface area contributed by atoms with E-state index in [-0.39, 0.29) is 23.4 Å². The SMILES string of the molecule is CCOC(=O)C1CCN(/C=C(/C#N)C(=O)Nc2ccc(NC(C)=O)cc2)CC1. The van der Waals surface area contributed by atoms with Crippen LogP contribution in [0.4, 0.5) is 11.4 Å². The van der Waals surface area contributed by atoms with Crippen molar-refractivity contribution < 1.29 is 19.1 Å². The number of hydrogen-bond donors (Lipinski definition) is 2. The quantitative estimate of drug-likeness (QED) is 0.442. The molecule has 28 heavy (non-hydrogen) atoms. The first-order chi connectivity index (χ1) is 13.4. The number of amides is 2. The number of piperidine rings is 1. The molecular formula is C20H24N4O4. The number of anilines is 2. The van der Waals surface area contributed by atoms with E-state index >= 15 is 0 Å². The zero-order valence-electron chi connectivity index (χ0n) is 16.0.